The van der Waals surface area contributed by atoms with Crippen LogP contribution >= 0.6 is 0 Å². The average Bonchev–Trinajstić information content (AvgIpc) is 3.07. The van der Waals surface area contributed by atoms with Crippen molar-refractivity contribution < 1.29 is 13.2 Å². The zero-order valence-electron chi connectivity index (χ0n) is 9.01. The molecular weight excluding hydrogens is 229 g/mol. The minimum Gasteiger partial charge on any atom is -0.299 e. The van der Waals surface area contributed by atoms with Crippen LogP contribution in [0.1, 0.15) is 24.0 Å². The van der Waals surface area contributed by atoms with Crippen LogP contribution in [0.15, 0.2) is 24.3 Å². The summed E-state index contributed by atoms with van der Waals surface area (Å²) in [4.78, 5) is 0. The molecule has 0 saturated heterocycles. The van der Waals surface area contributed by atoms with Gasteiger partial charge in [0.25, 0.3) is 0 Å². The fourth-order valence-electron chi connectivity index (χ4n) is 1.71. The van der Waals surface area contributed by atoms with E-state index in [4.69, 9.17) is 5.26 Å². The predicted molar refractivity (Wildman–Crippen MR) is 56.0 cm³/mol. The van der Waals surface area contributed by atoms with Crippen molar-refractivity contribution in [1.82, 2.24) is 5.32 Å². The van der Waals surface area contributed by atoms with Crippen LogP contribution in [0.25, 0.3) is 0 Å². The summed E-state index contributed by atoms with van der Waals surface area (Å²) < 4.78 is 37.9. The Balaban J connectivity index is 2.01. The number of alkyl halides is 3. The number of hydrogen-bond donors (Lipinski definition) is 1. The van der Waals surface area contributed by atoms with Gasteiger partial charge in [0.2, 0.25) is 0 Å². The third kappa shape index (κ3) is 2.42. The van der Waals surface area contributed by atoms with Crippen LogP contribution in [0.5, 0.6) is 0 Å². The average molecular weight is 240 g/mol. The molecule has 1 aromatic carbocycles. The molecule has 2 rings (SSSR count). The number of benzene rings is 1. The van der Waals surface area contributed by atoms with Crippen molar-refractivity contribution in [3.8, 4) is 6.07 Å². The van der Waals surface area contributed by atoms with Crippen LogP contribution in [-0.2, 0) is 6.54 Å². The molecule has 1 aliphatic rings. The molecule has 0 unspecified atom stereocenters. The zero-order chi connectivity index (χ0) is 12.5. The highest BCUT2D eigenvalue weighted by molar-refractivity contribution is 5.32. The van der Waals surface area contributed by atoms with Gasteiger partial charge in [0.15, 0.2) is 0 Å². The van der Waals surface area contributed by atoms with Gasteiger partial charge in [0, 0.05) is 6.54 Å². The Morgan fingerprint density at radius 3 is 2.59 bits per heavy atom. The van der Waals surface area contributed by atoms with Gasteiger partial charge in [0.1, 0.15) is 5.54 Å². The Morgan fingerprint density at radius 2 is 2.06 bits per heavy atom. The molecule has 0 aromatic heterocycles. The lowest BCUT2D eigenvalue weighted by Crippen LogP contribution is -2.44. The molecular formula is C12H11F3N2. The van der Waals surface area contributed by atoms with Gasteiger partial charge in [-0.25, -0.2) is 0 Å². The van der Waals surface area contributed by atoms with E-state index in [-0.39, 0.29) is 19.4 Å². The molecule has 1 saturated carbocycles. The van der Waals surface area contributed by atoms with Crippen LogP contribution in [0.3, 0.4) is 0 Å². The Bertz CT molecular complexity index is 456. The van der Waals surface area contributed by atoms with Crippen LogP contribution in [0.2, 0.25) is 0 Å². The molecule has 90 valence electrons. The van der Waals surface area contributed by atoms with Gasteiger partial charge >= 0.3 is 6.18 Å². The van der Waals surface area contributed by atoms with Crippen LogP contribution in [-0.4, -0.2) is 11.7 Å². The maximum absolute atomic E-state index is 12.6. The van der Waals surface area contributed by atoms with Crippen molar-refractivity contribution in [2.75, 3.05) is 0 Å². The van der Waals surface area contributed by atoms with Gasteiger partial charge in [-0.3, -0.25) is 5.32 Å². The molecule has 1 aliphatic carbocycles. The van der Waals surface area contributed by atoms with E-state index < -0.39 is 11.7 Å². The van der Waals surface area contributed by atoms with E-state index in [1.54, 1.807) is 24.3 Å². The second-order valence-corrected chi connectivity index (χ2v) is 4.25. The summed E-state index contributed by atoms with van der Waals surface area (Å²) in [7, 11) is 0. The normalized spacial score (nSPS) is 17.5. The van der Waals surface area contributed by atoms with Crippen molar-refractivity contribution in [2.45, 2.75) is 31.1 Å². The van der Waals surface area contributed by atoms with E-state index in [1.165, 1.54) is 0 Å². The maximum Gasteiger partial charge on any atom is 0.406 e. The molecule has 1 fully saturated rings. The first kappa shape index (κ1) is 11.9. The molecule has 0 radical (unpaired) electrons. The molecule has 1 aromatic rings. The van der Waals surface area contributed by atoms with Gasteiger partial charge in [0.05, 0.1) is 11.6 Å². The largest absolute Gasteiger partial charge is 0.406 e. The molecule has 0 spiro atoms. The fraction of sp³-hybridized carbons (Fsp3) is 0.417. The molecule has 0 aliphatic heterocycles. The molecule has 5 heteroatoms. The van der Waals surface area contributed by atoms with Gasteiger partial charge in [-0.05, 0) is 30.5 Å². The minimum atomic E-state index is -4.19. The van der Waals surface area contributed by atoms with Crippen LogP contribution in [0.4, 0.5) is 13.2 Å². The maximum atomic E-state index is 12.6. The Morgan fingerprint density at radius 1 is 1.35 bits per heavy atom. The predicted octanol–water partition coefficient (Wildman–Crippen LogP) is 2.74. The first-order chi connectivity index (χ1) is 7.97. The van der Waals surface area contributed by atoms with Gasteiger partial charge in [-0.1, -0.05) is 12.1 Å². The van der Waals surface area contributed by atoms with E-state index in [0.717, 1.165) is 0 Å². The summed E-state index contributed by atoms with van der Waals surface area (Å²) in [5, 5.41) is 11.2. The fourth-order valence-corrected chi connectivity index (χ4v) is 1.71. The van der Waals surface area contributed by atoms with Crippen molar-refractivity contribution in [2.24, 2.45) is 0 Å². The van der Waals surface area contributed by atoms with Crippen LogP contribution in [0, 0.1) is 11.3 Å². The smallest absolute Gasteiger partial charge is 0.299 e. The first-order valence-corrected chi connectivity index (χ1v) is 5.28. The van der Waals surface area contributed by atoms with Crippen molar-refractivity contribution in [3.63, 3.8) is 0 Å². The molecule has 0 bridgehead atoms. The summed E-state index contributed by atoms with van der Waals surface area (Å²) in [6.07, 6.45) is -3.93. The summed E-state index contributed by atoms with van der Waals surface area (Å²) in [6.45, 7) is 0.134. The number of rotatable bonds is 3. The van der Waals surface area contributed by atoms with Gasteiger partial charge in [-0.2, -0.15) is 18.4 Å². The zero-order valence-corrected chi connectivity index (χ0v) is 9.01. The Kier molecular flexibility index (Phi) is 2.84. The summed E-state index contributed by atoms with van der Waals surface area (Å²) in [6, 6.07) is 8.56. The third-order valence-electron chi connectivity index (χ3n) is 2.98. The number of hydrogen-bond acceptors (Lipinski definition) is 2. The van der Waals surface area contributed by atoms with Crippen molar-refractivity contribution in [3.05, 3.63) is 35.4 Å². The lowest BCUT2D eigenvalue weighted by Gasteiger charge is -2.20. The van der Waals surface area contributed by atoms with Gasteiger partial charge < -0.3 is 0 Å². The van der Waals surface area contributed by atoms with E-state index in [0.29, 0.717) is 11.1 Å². The highest BCUT2D eigenvalue weighted by Crippen LogP contribution is 2.49. The summed E-state index contributed by atoms with van der Waals surface area (Å²) in [5.74, 6) is 0. The second-order valence-electron chi connectivity index (χ2n) is 4.25. The van der Waals surface area contributed by atoms with Gasteiger partial charge in [-0.15, -0.1) is 0 Å². The van der Waals surface area contributed by atoms with Crippen LogP contribution < -0.4 is 5.32 Å². The third-order valence-corrected chi connectivity index (χ3v) is 2.98. The Hall–Kier alpha value is -1.54. The van der Waals surface area contributed by atoms with E-state index in [9.17, 15) is 13.2 Å². The monoisotopic (exact) mass is 240 g/mol. The lowest BCUT2D eigenvalue weighted by atomic mass is 10.1. The van der Waals surface area contributed by atoms with E-state index in [1.807, 2.05) is 6.07 Å². The second kappa shape index (κ2) is 4.04. The Labute approximate surface area is 97.1 Å². The number of halogens is 3. The standard InChI is InChI=1S/C12H11F3N2/c13-12(14,15)11(4-5-11)17-8-10-3-1-2-9(6-10)7-16/h1-3,6,17H,4-5,8H2. The number of nitrogens with zero attached hydrogens (tertiary/aromatic N) is 1. The lowest BCUT2D eigenvalue weighted by molar-refractivity contribution is -0.166. The molecule has 0 amide bonds. The number of nitriles is 1. The number of nitrogens with one attached hydrogen (secondary N) is 1. The first-order valence-electron chi connectivity index (χ1n) is 5.28. The highest BCUT2D eigenvalue weighted by atomic mass is 19.4. The van der Waals surface area contributed by atoms with E-state index >= 15 is 0 Å². The topological polar surface area (TPSA) is 35.8 Å². The highest BCUT2D eigenvalue weighted by Gasteiger charge is 2.62. The summed E-state index contributed by atoms with van der Waals surface area (Å²) in [5.41, 5.74) is -0.545. The van der Waals surface area contributed by atoms with Crippen molar-refractivity contribution >= 4 is 0 Å². The molecule has 17 heavy (non-hydrogen) atoms. The SMILES string of the molecule is N#Cc1cccc(CNC2(C(F)(F)F)CC2)c1. The quantitative estimate of drug-likeness (QED) is 0.881. The summed E-state index contributed by atoms with van der Waals surface area (Å²) >= 11 is 0. The van der Waals surface area contributed by atoms with Crippen molar-refractivity contribution in [1.29, 1.82) is 5.26 Å². The molecule has 0 atom stereocenters. The molecule has 1 N–H and O–H groups in total. The molecule has 0 heterocycles. The molecule has 2 nitrogen and oxygen atoms in total. The van der Waals surface area contributed by atoms with E-state index in [2.05, 4.69) is 5.32 Å². The minimum absolute atomic E-state index is 0.133.